The third-order valence-corrected chi connectivity index (χ3v) is 5.83. The summed E-state index contributed by atoms with van der Waals surface area (Å²) in [6.07, 6.45) is 5.17. The van der Waals surface area contributed by atoms with Gasteiger partial charge in [0, 0.05) is 17.7 Å². The van der Waals surface area contributed by atoms with Crippen LogP contribution in [0.5, 0.6) is 0 Å². The molecule has 0 N–H and O–H groups in total. The van der Waals surface area contributed by atoms with Crippen LogP contribution in [0, 0.1) is 0 Å². The fourth-order valence-corrected chi connectivity index (χ4v) is 4.48. The summed E-state index contributed by atoms with van der Waals surface area (Å²) in [7, 11) is 0. The number of thiophene rings is 1. The highest BCUT2D eigenvalue weighted by Crippen LogP contribution is 2.41. The number of allylic oxidation sites excluding steroid dienone is 2. The minimum absolute atomic E-state index is 0.281. The smallest absolute Gasteiger partial charge is 0.169 e. The van der Waals surface area contributed by atoms with Gasteiger partial charge in [-0.25, -0.2) is 0 Å². The van der Waals surface area contributed by atoms with Crippen LogP contribution in [-0.2, 0) is 15.9 Å². The van der Waals surface area contributed by atoms with Gasteiger partial charge in [0.1, 0.15) is 0 Å². The third-order valence-electron chi connectivity index (χ3n) is 4.90. The van der Waals surface area contributed by atoms with E-state index in [1.54, 1.807) is 5.57 Å². The van der Waals surface area contributed by atoms with E-state index in [4.69, 9.17) is 9.47 Å². The summed E-state index contributed by atoms with van der Waals surface area (Å²) in [5.74, 6) is -0.281. The van der Waals surface area contributed by atoms with E-state index in [1.807, 2.05) is 11.3 Å². The summed E-state index contributed by atoms with van der Waals surface area (Å²) < 4.78 is 11.8. The molecule has 0 atom stereocenters. The zero-order chi connectivity index (χ0) is 15.5. The fraction of sp³-hybridized carbons (Fsp3) is 0.400. The monoisotopic (exact) mass is 326 g/mol. The predicted octanol–water partition coefficient (Wildman–Crippen LogP) is 5.06. The Hall–Kier alpha value is -1.42. The molecule has 2 nitrogen and oxygen atoms in total. The molecule has 23 heavy (non-hydrogen) atoms. The van der Waals surface area contributed by atoms with Crippen LogP contribution in [0.1, 0.15) is 36.1 Å². The lowest BCUT2D eigenvalue weighted by Gasteiger charge is -2.33. The summed E-state index contributed by atoms with van der Waals surface area (Å²) in [5.41, 5.74) is 4.48. The third kappa shape index (κ3) is 3.27. The van der Waals surface area contributed by atoms with Crippen LogP contribution >= 0.6 is 11.3 Å². The molecule has 1 spiro atoms. The molecule has 0 unspecified atom stereocenters. The van der Waals surface area contributed by atoms with Gasteiger partial charge in [0.2, 0.25) is 0 Å². The average Bonchev–Trinajstić information content (AvgIpc) is 3.27. The van der Waals surface area contributed by atoms with Gasteiger partial charge in [-0.15, -0.1) is 11.3 Å². The second kappa shape index (κ2) is 6.60. The quantitative estimate of drug-likeness (QED) is 0.785. The summed E-state index contributed by atoms with van der Waals surface area (Å²) in [6.45, 7) is 1.50. The molecule has 1 aromatic heterocycles. The Morgan fingerprint density at radius 3 is 2.35 bits per heavy atom. The van der Waals surface area contributed by atoms with Crippen LogP contribution in [-0.4, -0.2) is 19.0 Å². The lowest BCUT2D eigenvalue weighted by atomic mass is 9.84. The Bertz CT molecular complexity index is 655. The van der Waals surface area contributed by atoms with Crippen molar-refractivity contribution in [2.75, 3.05) is 13.2 Å². The molecule has 4 rings (SSSR count). The molecule has 120 valence electrons. The number of rotatable bonds is 3. The van der Waals surface area contributed by atoms with Gasteiger partial charge in [0.15, 0.2) is 5.79 Å². The van der Waals surface area contributed by atoms with E-state index < -0.39 is 0 Å². The van der Waals surface area contributed by atoms with E-state index >= 15 is 0 Å². The fourth-order valence-electron chi connectivity index (χ4n) is 3.66. The highest BCUT2D eigenvalue weighted by Gasteiger charge is 2.39. The Morgan fingerprint density at radius 1 is 0.957 bits per heavy atom. The molecule has 1 saturated heterocycles. The molecule has 0 radical (unpaired) electrons. The first-order valence-electron chi connectivity index (χ1n) is 8.41. The summed E-state index contributed by atoms with van der Waals surface area (Å²) >= 11 is 1.85. The Morgan fingerprint density at radius 2 is 1.70 bits per heavy atom. The molecule has 0 amide bonds. The predicted molar refractivity (Wildman–Crippen MR) is 94.5 cm³/mol. The summed E-state index contributed by atoms with van der Waals surface area (Å²) in [4.78, 5) is 1.41. The molecule has 2 aliphatic rings. The molecule has 1 aromatic carbocycles. The van der Waals surface area contributed by atoms with Crippen molar-refractivity contribution >= 4 is 16.9 Å². The highest BCUT2D eigenvalue weighted by molar-refractivity contribution is 7.11. The summed E-state index contributed by atoms with van der Waals surface area (Å²) in [6, 6.07) is 15.2. The van der Waals surface area contributed by atoms with E-state index in [0.29, 0.717) is 0 Å². The van der Waals surface area contributed by atoms with E-state index in [-0.39, 0.29) is 5.79 Å². The van der Waals surface area contributed by atoms with Crippen molar-refractivity contribution in [1.82, 2.24) is 0 Å². The maximum Gasteiger partial charge on any atom is 0.169 e. The van der Waals surface area contributed by atoms with Gasteiger partial charge < -0.3 is 9.47 Å². The lowest BCUT2D eigenvalue weighted by molar-refractivity contribution is -0.171. The van der Waals surface area contributed by atoms with Crippen molar-refractivity contribution in [2.24, 2.45) is 0 Å². The van der Waals surface area contributed by atoms with Gasteiger partial charge in [-0.1, -0.05) is 42.0 Å². The second-order valence-corrected chi connectivity index (χ2v) is 7.28. The van der Waals surface area contributed by atoms with Crippen molar-refractivity contribution in [2.45, 2.75) is 37.9 Å². The molecule has 1 saturated carbocycles. The first kappa shape index (κ1) is 15.1. The van der Waals surface area contributed by atoms with Gasteiger partial charge in [0.05, 0.1) is 13.2 Å². The van der Waals surface area contributed by atoms with Crippen LogP contribution < -0.4 is 0 Å². The minimum atomic E-state index is -0.281. The van der Waals surface area contributed by atoms with Crippen LogP contribution in [0.3, 0.4) is 0 Å². The molecular formula is C20H22O2S. The number of ether oxygens (including phenoxy) is 2. The van der Waals surface area contributed by atoms with Gasteiger partial charge in [-0.2, -0.15) is 0 Å². The van der Waals surface area contributed by atoms with Crippen molar-refractivity contribution in [3.63, 3.8) is 0 Å². The van der Waals surface area contributed by atoms with Crippen molar-refractivity contribution in [1.29, 1.82) is 0 Å². The van der Waals surface area contributed by atoms with Gasteiger partial charge in [-0.05, 0) is 41.8 Å². The second-order valence-electron chi connectivity index (χ2n) is 6.33. The maximum absolute atomic E-state index is 5.88. The maximum atomic E-state index is 5.88. The van der Waals surface area contributed by atoms with E-state index in [1.165, 1.54) is 16.0 Å². The van der Waals surface area contributed by atoms with Gasteiger partial charge >= 0.3 is 0 Å². The average molecular weight is 326 g/mol. The van der Waals surface area contributed by atoms with Crippen LogP contribution in [0.15, 0.2) is 53.4 Å². The molecule has 1 aliphatic carbocycles. The lowest BCUT2D eigenvalue weighted by Crippen LogP contribution is -2.33. The zero-order valence-electron chi connectivity index (χ0n) is 13.3. The van der Waals surface area contributed by atoms with E-state index in [2.05, 4.69) is 47.8 Å². The van der Waals surface area contributed by atoms with Crippen molar-refractivity contribution in [3.8, 4) is 0 Å². The van der Waals surface area contributed by atoms with Crippen molar-refractivity contribution in [3.05, 3.63) is 63.9 Å². The molecular weight excluding hydrogens is 304 g/mol. The number of benzene rings is 1. The van der Waals surface area contributed by atoms with Crippen LogP contribution in [0.4, 0.5) is 0 Å². The zero-order valence-corrected chi connectivity index (χ0v) is 14.1. The molecule has 2 heterocycles. The minimum Gasteiger partial charge on any atom is -0.348 e. The Labute approximate surface area is 141 Å². The van der Waals surface area contributed by atoms with Gasteiger partial charge in [0.25, 0.3) is 0 Å². The normalized spacial score (nSPS) is 20.1. The molecule has 2 aromatic rings. The number of hydrogen-bond donors (Lipinski definition) is 0. The highest BCUT2D eigenvalue weighted by atomic mass is 32.1. The topological polar surface area (TPSA) is 18.5 Å². The Kier molecular flexibility index (Phi) is 4.34. The van der Waals surface area contributed by atoms with Gasteiger partial charge in [-0.3, -0.25) is 0 Å². The largest absolute Gasteiger partial charge is 0.348 e. The van der Waals surface area contributed by atoms with E-state index in [9.17, 15) is 0 Å². The summed E-state index contributed by atoms with van der Waals surface area (Å²) in [5, 5.41) is 2.17. The molecule has 0 bridgehead atoms. The Balaban J connectivity index is 1.60. The standard InChI is InChI=1S/C20H22O2S/c1-2-5-16(6-3-1)15-18(19-7-4-14-23-19)17-8-10-20(11-9-17)21-12-13-22-20/h1-7,14H,8-13,15H2. The van der Waals surface area contributed by atoms with E-state index in [0.717, 1.165) is 45.3 Å². The SMILES string of the molecule is c1ccc(CC(=C2CCC3(CC2)OCCO3)c2cccs2)cc1. The molecule has 1 aliphatic heterocycles. The molecule has 3 heteroatoms. The van der Waals surface area contributed by atoms with Crippen LogP contribution in [0.2, 0.25) is 0 Å². The first-order valence-corrected chi connectivity index (χ1v) is 9.29. The molecule has 2 fully saturated rings. The first-order chi connectivity index (χ1) is 11.3. The van der Waals surface area contributed by atoms with Crippen LogP contribution in [0.25, 0.3) is 5.57 Å². The van der Waals surface area contributed by atoms with Crippen molar-refractivity contribution < 1.29 is 9.47 Å². The number of hydrogen-bond acceptors (Lipinski definition) is 3.